The number of thiol groups is 2. The van der Waals surface area contributed by atoms with Gasteiger partial charge in [0.05, 0.1) is 30.6 Å². The third kappa shape index (κ3) is 18.5. The van der Waals surface area contributed by atoms with E-state index in [4.69, 9.17) is 11.5 Å². The molecule has 10 atom stereocenters. The maximum atomic E-state index is 14.7. The van der Waals surface area contributed by atoms with E-state index in [0.29, 0.717) is 42.1 Å². The number of nitrogen functional groups attached to an aromatic ring is 1. The van der Waals surface area contributed by atoms with E-state index in [2.05, 4.69) is 77.8 Å². The number of nitrogens with two attached hydrogens (primary N) is 2. The van der Waals surface area contributed by atoms with Crippen molar-refractivity contribution in [3.05, 3.63) is 82.5 Å². The van der Waals surface area contributed by atoms with Crippen LogP contribution in [0, 0.1) is 0 Å². The van der Waals surface area contributed by atoms with Gasteiger partial charge in [0, 0.05) is 58.8 Å². The summed E-state index contributed by atoms with van der Waals surface area (Å²) in [5.74, 6) is -5.56. The maximum Gasteiger partial charge on any atom is 0.245 e. The number of benzene rings is 2. The van der Waals surface area contributed by atoms with E-state index >= 15 is 0 Å². The zero-order valence-electron chi connectivity index (χ0n) is 42.8. The summed E-state index contributed by atoms with van der Waals surface area (Å²) >= 11 is 10.0. The zero-order chi connectivity index (χ0) is 55.3. The third-order valence-corrected chi connectivity index (χ3v) is 14.7. The number of amides is 7. The number of nitrogens with one attached hydrogen (secondary N) is 9. The van der Waals surface area contributed by atoms with Crippen molar-refractivity contribution < 1.29 is 48.9 Å². The molecule has 7 amide bonds. The fourth-order valence-electron chi connectivity index (χ4n) is 8.67. The second-order valence-corrected chi connectivity index (χ2v) is 20.8. The first-order valence-electron chi connectivity index (χ1n) is 25.5. The highest BCUT2D eigenvalue weighted by Gasteiger charge is 2.35. The molecule has 2 heterocycles. The van der Waals surface area contributed by atoms with Gasteiger partial charge < -0.3 is 74.3 Å². The quantitative estimate of drug-likeness (QED) is 0.0214. The summed E-state index contributed by atoms with van der Waals surface area (Å²) in [4.78, 5) is 106. The highest BCUT2D eigenvalue weighted by molar-refractivity contribution is 7.80. The number of fused-ring (bicyclic) bond motifs is 2. The average Bonchev–Trinajstić information content (AvgIpc) is 3.99. The normalized spacial score (nSPS) is 16.8. The van der Waals surface area contributed by atoms with Gasteiger partial charge in [-0.3, -0.25) is 33.6 Å². The molecule has 416 valence electrons. The lowest BCUT2D eigenvalue weighted by molar-refractivity contribution is -0.136. The second-order valence-electron chi connectivity index (χ2n) is 19.0. The van der Waals surface area contributed by atoms with Gasteiger partial charge in [0.25, 0.3) is 0 Å². The number of thiazole rings is 1. The molecule has 0 fully saturated rings. The van der Waals surface area contributed by atoms with Crippen molar-refractivity contribution >= 4 is 94.0 Å². The number of aliphatic hydroxyl groups excluding tert-OH is 3. The lowest BCUT2D eigenvalue weighted by atomic mass is 9.97. The maximum absolute atomic E-state index is 14.7. The Morgan fingerprint density at radius 1 is 0.737 bits per heavy atom. The number of H-pyrrole nitrogens is 1. The monoisotopic (exact) mass is 1110 g/mol. The molecule has 16 N–H and O–H groups in total. The first-order chi connectivity index (χ1) is 36.4. The lowest BCUT2D eigenvalue weighted by Crippen LogP contribution is -2.62. The predicted molar refractivity (Wildman–Crippen MR) is 296 cm³/mol. The van der Waals surface area contributed by atoms with Gasteiger partial charge in [-0.25, -0.2) is 4.98 Å². The van der Waals surface area contributed by atoms with E-state index in [1.165, 1.54) is 30.1 Å². The van der Waals surface area contributed by atoms with Crippen LogP contribution in [0.15, 0.2) is 60.8 Å². The summed E-state index contributed by atoms with van der Waals surface area (Å²) in [6.45, 7) is 2.84. The first-order valence-corrected chi connectivity index (χ1v) is 27.6. The summed E-state index contributed by atoms with van der Waals surface area (Å²) in [5, 5.41) is 53.5. The van der Waals surface area contributed by atoms with Gasteiger partial charge in [-0.1, -0.05) is 48.5 Å². The van der Waals surface area contributed by atoms with Crippen LogP contribution in [-0.2, 0) is 59.2 Å². The van der Waals surface area contributed by atoms with Crippen molar-refractivity contribution in [2.24, 2.45) is 5.73 Å². The SMILES string of the molecule is C[C@H](O)[C@@H](CO)NC(=O)[C@H](CS)NC(=O)[C@@H](NC(=O)[C@H](CCCCN)NC(=O)[C@@H](Cc1c[nH]c2ccccc12)NC(=O)[C@H](Cc1ccccc1)NC(=O)[C@H](CS)NC(=O)CCCNC1CCc2nc(N)sc2C1)[C@@H](C)O. The number of aliphatic hydroxyl groups is 3. The van der Waals surface area contributed by atoms with Crippen molar-refractivity contribution in [1.29, 1.82) is 0 Å². The van der Waals surface area contributed by atoms with Crippen LogP contribution in [0.2, 0.25) is 0 Å². The molecule has 5 rings (SSSR count). The molecular formula is C51H74N12O10S3. The van der Waals surface area contributed by atoms with Gasteiger partial charge in [-0.05, 0) is 89.1 Å². The van der Waals surface area contributed by atoms with E-state index in [1.807, 2.05) is 24.3 Å². The minimum atomic E-state index is -1.64. The summed E-state index contributed by atoms with van der Waals surface area (Å²) in [7, 11) is 0. The van der Waals surface area contributed by atoms with Crippen LogP contribution < -0.4 is 54.0 Å². The molecule has 0 bridgehead atoms. The number of unbranched alkanes of at least 4 members (excludes halogenated alkanes) is 1. The fraction of sp³-hybridized carbons (Fsp3) is 0.529. The molecule has 0 saturated carbocycles. The molecule has 1 aliphatic rings. The number of carbonyl (C=O) groups is 7. The number of nitrogens with zero attached hydrogens (tertiary/aromatic N) is 1. The molecular weight excluding hydrogens is 1040 g/mol. The Morgan fingerprint density at radius 2 is 1.34 bits per heavy atom. The van der Waals surface area contributed by atoms with Gasteiger partial charge in [0.1, 0.15) is 36.3 Å². The molecule has 1 unspecified atom stereocenters. The Bertz CT molecular complexity index is 2550. The number of carbonyl (C=O) groups excluding carboxylic acids is 7. The minimum Gasteiger partial charge on any atom is -0.394 e. The number of hydrogen-bond acceptors (Lipinski definition) is 17. The third-order valence-electron chi connectivity index (χ3n) is 13.0. The van der Waals surface area contributed by atoms with Crippen LogP contribution >= 0.6 is 36.6 Å². The molecule has 2 aromatic carbocycles. The van der Waals surface area contributed by atoms with E-state index in [9.17, 15) is 48.9 Å². The topological polar surface area (TPSA) is 357 Å². The molecule has 2 aromatic heterocycles. The van der Waals surface area contributed by atoms with Crippen LogP contribution in [0.25, 0.3) is 10.9 Å². The van der Waals surface area contributed by atoms with Crippen molar-refractivity contribution in [2.75, 3.05) is 36.9 Å². The molecule has 22 nitrogen and oxygen atoms in total. The lowest BCUT2D eigenvalue weighted by Gasteiger charge is -2.28. The number of aromatic nitrogens is 2. The molecule has 4 aromatic rings. The van der Waals surface area contributed by atoms with Gasteiger partial charge in [0.2, 0.25) is 41.4 Å². The van der Waals surface area contributed by atoms with E-state index in [1.54, 1.807) is 36.5 Å². The van der Waals surface area contributed by atoms with Crippen LogP contribution in [0.3, 0.4) is 0 Å². The smallest absolute Gasteiger partial charge is 0.245 e. The fourth-order valence-corrected chi connectivity index (χ4v) is 10.1. The van der Waals surface area contributed by atoms with Gasteiger partial charge in [-0.15, -0.1) is 11.3 Å². The molecule has 0 radical (unpaired) electrons. The minimum absolute atomic E-state index is 0.0131. The number of aromatic amines is 1. The molecule has 0 saturated heterocycles. The average molecular weight is 1110 g/mol. The van der Waals surface area contributed by atoms with Crippen LogP contribution in [-0.4, -0.2) is 158 Å². The van der Waals surface area contributed by atoms with Crippen LogP contribution in [0.5, 0.6) is 0 Å². The van der Waals surface area contributed by atoms with Crippen molar-refractivity contribution in [3.63, 3.8) is 0 Å². The molecule has 0 aliphatic heterocycles. The summed E-state index contributed by atoms with van der Waals surface area (Å²) in [5.41, 5.74) is 14.8. The van der Waals surface area contributed by atoms with Gasteiger partial charge >= 0.3 is 0 Å². The number of para-hydroxylation sites is 1. The summed E-state index contributed by atoms with van der Waals surface area (Å²) in [6.07, 6.45) is 2.94. The van der Waals surface area contributed by atoms with E-state index < -0.39 is 96.6 Å². The Morgan fingerprint density at radius 3 is 2.00 bits per heavy atom. The van der Waals surface area contributed by atoms with Gasteiger partial charge in [0.15, 0.2) is 5.13 Å². The number of aryl methyl sites for hydroxylation is 1. The Kier molecular flexibility index (Phi) is 24.8. The largest absolute Gasteiger partial charge is 0.394 e. The first kappa shape index (κ1) is 61.1. The Labute approximate surface area is 457 Å². The molecule has 1 aliphatic carbocycles. The standard InChI is InChI=1S/C51H74N12O10S3/c1-28(65)39(25-64)60-49(72)41(27-75)61-50(73)44(29(2)66)63-45(68)36(15-8-9-19-52)57-47(70)38(22-31-24-55-34-14-7-6-13-33(31)34)59-46(69)37(21-30-11-4-3-5-12-30)58-48(71)40(26-74)56-43(67)16-10-20-54-32-17-18-35-42(23-32)76-51(53)62-35/h3-7,11-14,24,28-29,32,36-41,44,54-55,64-66,74-75H,8-10,15-23,25-27,52H2,1-2H3,(H2,53,62)(H,56,67)(H,57,70)(H,58,71)(H,59,69)(H,60,72)(H,61,73)(H,63,68)/t28-,29+,32?,36-,37-,38+,39+,40-,41-,44-/m0/s1. The van der Waals surface area contributed by atoms with Crippen LogP contribution in [0.4, 0.5) is 5.13 Å². The van der Waals surface area contributed by atoms with E-state index in [-0.39, 0.29) is 55.7 Å². The number of rotatable bonds is 31. The number of anilines is 1. The zero-order valence-corrected chi connectivity index (χ0v) is 45.4. The predicted octanol–water partition coefficient (Wildman–Crippen LogP) is -0.945. The highest BCUT2D eigenvalue weighted by Crippen LogP contribution is 2.28. The van der Waals surface area contributed by atoms with Gasteiger partial charge in [-0.2, -0.15) is 25.3 Å². The van der Waals surface area contributed by atoms with E-state index in [0.717, 1.165) is 35.9 Å². The summed E-state index contributed by atoms with van der Waals surface area (Å²) in [6, 6.07) is 7.34. The molecule has 76 heavy (non-hydrogen) atoms. The van der Waals surface area contributed by atoms with Crippen molar-refractivity contribution in [3.8, 4) is 0 Å². The Balaban J connectivity index is 1.32. The molecule has 0 spiro atoms. The van der Waals surface area contributed by atoms with Crippen molar-refractivity contribution in [2.45, 2.75) is 139 Å². The summed E-state index contributed by atoms with van der Waals surface area (Å²) < 4.78 is 0. The second kappa shape index (κ2) is 30.8. The number of hydrogen-bond donors (Lipinski definition) is 16. The van der Waals surface area contributed by atoms with Crippen LogP contribution in [0.1, 0.15) is 74.1 Å². The highest BCUT2D eigenvalue weighted by atomic mass is 32.1. The Hall–Kier alpha value is -5.80. The molecule has 25 heteroatoms. The van der Waals surface area contributed by atoms with Crippen molar-refractivity contribution in [1.82, 2.24) is 52.5 Å².